The SMILES string of the molecule is COc1ccc(NC(=O)c2ccc(Nc3nc(C)cc(C)n3)cc2)cc1Cl. The average molecular weight is 383 g/mol. The minimum atomic E-state index is -0.231. The van der Waals surface area contributed by atoms with Crippen LogP contribution in [0.25, 0.3) is 0 Å². The summed E-state index contributed by atoms with van der Waals surface area (Å²) in [5.41, 5.74) is 3.69. The van der Waals surface area contributed by atoms with Gasteiger partial charge in [0, 0.05) is 28.3 Å². The van der Waals surface area contributed by atoms with Crippen molar-refractivity contribution < 1.29 is 9.53 Å². The van der Waals surface area contributed by atoms with E-state index in [0.29, 0.717) is 28.0 Å². The van der Waals surface area contributed by atoms with Gasteiger partial charge >= 0.3 is 0 Å². The van der Waals surface area contributed by atoms with E-state index in [-0.39, 0.29) is 5.91 Å². The number of anilines is 3. The number of benzene rings is 2. The molecule has 0 bridgehead atoms. The van der Waals surface area contributed by atoms with Crippen LogP contribution in [0.15, 0.2) is 48.5 Å². The third-order valence-corrected chi connectivity index (χ3v) is 4.09. The lowest BCUT2D eigenvalue weighted by Gasteiger charge is -2.09. The van der Waals surface area contributed by atoms with Crippen molar-refractivity contribution in [2.45, 2.75) is 13.8 Å². The van der Waals surface area contributed by atoms with Gasteiger partial charge in [-0.1, -0.05) is 11.6 Å². The zero-order valence-electron chi connectivity index (χ0n) is 15.2. The molecule has 6 nitrogen and oxygen atoms in total. The predicted molar refractivity (Wildman–Crippen MR) is 107 cm³/mol. The number of nitrogens with zero attached hydrogens (tertiary/aromatic N) is 2. The zero-order chi connectivity index (χ0) is 19.4. The second-order valence-electron chi connectivity index (χ2n) is 5.98. The molecule has 0 radical (unpaired) electrons. The zero-order valence-corrected chi connectivity index (χ0v) is 16.0. The van der Waals surface area contributed by atoms with Gasteiger partial charge in [-0.25, -0.2) is 9.97 Å². The first-order chi connectivity index (χ1) is 12.9. The first kappa shape index (κ1) is 18.7. The molecule has 2 N–H and O–H groups in total. The summed E-state index contributed by atoms with van der Waals surface area (Å²) in [5.74, 6) is 0.849. The molecule has 138 valence electrons. The summed E-state index contributed by atoms with van der Waals surface area (Å²) in [6.07, 6.45) is 0. The van der Waals surface area contributed by atoms with Gasteiger partial charge < -0.3 is 15.4 Å². The number of carbonyl (C=O) groups excluding carboxylic acids is 1. The maximum absolute atomic E-state index is 12.4. The molecule has 1 amide bonds. The minimum Gasteiger partial charge on any atom is -0.495 e. The molecule has 1 heterocycles. The molecule has 0 spiro atoms. The molecule has 0 fully saturated rings. The summed E-state index contributed by atoms with van der Waals surface area (Å²) in [4.78, 5) is 21.1. The van der Waals surface area contributed by atoms with Gasteiger partial charge in [0.2, 0.25) is 5.95 Å². The molecule has 27 heavy (non-hydrogen) atoms. The maximum Gasteiger partial charge on any atom is 0.255 e. The fraction of sp³-hybridized carbons (Fsp3) is 0.150. The highest BCUT2D eigenvalue weighted by atomic mass is 35.5. The number of rotatable bonds is 5. The van der Waals surface area contributed by atoms with Crippen LogP contribution in [0.1, 0.15) is 21.7 Å². The van der Waals surface area contributed by atoms with Crippen molar-refractivity contribution in [1.82, 2.24) is 9.97 Å². The number of carbonyl (C=O) groups is 1. The number of nitrogens with one attached hydrogen (secondary N) is 2. The Hall–Kier alpha value is -3.12. The highest BCUT2D eigenvalue weighted by Crippen LogP contribution is 2.27. The van der Waals surface area contributed by atoms with Gasteiger partial charge in [-0.15, -0.1) is 0 Å². The Bertz CT molecular complexity index is 954. The van der Waals surface area contributed by atoms with Gasteiger partial charge in [-0.05, 0) is 62.4 Å². The van der Waals surface area contributed by atoms with Gasteiger partial charge in [0.05, 0.1) is 12.1 Å². The number of hydrogen-bond acceptors (Lipinski definition) is 5. The molecule has 0 atom stereocenters. The highest BCUT2D eigenvalue weighted by Gasteiger charge is 2.09. The van der Waals surface area contributed by atoms with Gasteiger partial charge in [0.25, 0.3) is 5.91 Å². The quantitative estimate of drug-likeness (QED) is 0.665. The second-order valence-corrected chi connectivity index (χ2v) is 6.39. The highest BCUT2D eigenvalue weighted by molar-refractivity contribution is 6.32. The van der Waals surface area contributed by atoms with E-state index in [1.807, 2.05) is 19.9 Å². The normalized spacial score (nSPS) is 10.4. The van der Waals surface area contributed by atoms with Crippen LogP contribution in [-0.4, -0.2) is 23.0 Å². The summed E-state index contributed by atoms with van der Waals surface area (Å²) < 4.78 is 5.10. The summed E-state index contributed by atoms with van der Waals surface area (Å²) in [5, 5.41) is 6.38. The van der Waals surface area contributed by atoms with Crippen LogP contribution in [0.2, 0.25) is 5.02 Å². The van der Waals surface area contributed by atoms with Crippen LogP contribution >= 0.6 is 11.6 Å². The van der Waals surface area contributed by atoms with Crippen molar-refractivity contribution in [3.8, 4) is 5.75 Å². The van der Waals surface area contributed by atoms with Crippen molar-refractivity contribution in [2.24, 2.45) is 0 Å². The van der Waals surface area contributed by atoms with Crippen molar-refractivity contribution in [2.75, 3.05) is 17.7 Å². The Morgan fingerprint density at radius 1 is 0.963 bits per heavy atom. The Morgan fingerprint density at radius 3 is 2.19 bits per heavy atom. The van der Waals surface area contributed by atoms with E-state index >= 15 is 0 Å². The monoisotopic (exact) mass is 382 g/mol. The van der Waals surface area contributed by atoms with Crippen molar-refractivity contribution in [3.63, 3.8) is 0 Å². The molecule has 3 rings (SSSR count). The fourth-order valence-electron chi connectivity index (χ4n) is 2.56. The third-order valence-electron chi connectivity index (χ3n) is 3.80. The Labute approximate surface area is 162 Å². The van der Waals surface area contributed by atoms with Crippen LogP contribution in [0.5, 0.6) is 5.75 Å². The van der Waals surface area contributed by atoms with E-state index in [1.165, 1.54) is 7.11 Å². The number of aryl methyl sites for hydroxylation is 2. The number of aromatic nitrogens is 2. The topological polar surface area (TPSA) is 76.1 Å². The number of ether oxygens (including phenoxy) is 1. The van der Waals surface area contributed by atoms with Gasteiger partial charge in [-0.2, -0.15) is 0 Å². The Kier molecular flexibility index (Phi) is 5.57. The van der Waals surface area contributed by atoms with E-state index in [1.54, 1.807) is 42.5 Å². The maximum atomic E-state index is 12.4. The fourth-order valence-corrected chi connectivity index (χ4v) is 2.82. The van der Waals surface area contributed by atoms with E-state index in [9.17, 15) is 4.79 Å². The molecule has 7 heteroatoms. The lowest BCUT2D eigenvalue weighted by atomic mass is 10.2. The molecule has 0 saturated carbocycles. The van der Waals surface area contributed by atoms with E-state index < -0.39 is 0 Å². The summed E-state index contributed by atoms with van der Waals surface area (Å²) >= 11 is 6.08. The third kappa shape index (κ3) is 4.74. The number of amides is 1. The van der Waals surface area contributed by atoms with Gasteiger partial charge in [-0.3, -0.25) is 4.79 Å². The largest absolute Gasteiger partial charge is 0.495 e. The van der Waals surface area contributed by atoms with Crippen LogP contribution in [0, 0.1) is 13.8 Å². The summed E-state index contributed by atoms with van der Waals surface area (Å²) in [6.45, 7) is 3.83. The van der Waals surface area contributed by atoms with E-state index in [2.05, 4.69) is 20.6 Å². The van der Waals surface area contributed by atoms with Crippen molar-refractivity contribution >= 4 is 34.8 Å². The van der Waals surface area contributed by atoms with Gasteiger partial charge in [0.1, 0.15) is 5.75 Å². The lowest BCUT2D eigenvalue weighted by molar-refractivity contribution is 0.102. The van der Waals surface area contributed by atoms with Crippen LogP contribution in [0.3, 0.4) is 0 Å². The average Bonchev–Trinajstić information content (AvgIpc) is 2.61. The lowest BCUT2D eigenvalue weighted by Crippen LogP contribution is -2.11. The number of hydrogen-bond donors (Lipinski definition) is 2. The van der Waals surface area contributed by atoms with Crippen LogP contribution in [0.4, 0.5) is 17.3 Å². The van der Waals surface area contributed by atoms with Crippen molar-refractivity contribution in [3.05, 3.63) is 70.5 Å². The standard InChI is InChI=1S/C20H19ClN4O2/c1-12-10-13(2)23-20(22-12)25-15-6-4-14(5-7-15)19(26)24-16-8-9-18(27-3)17(21)11-16/h4-11H,1-3H3,(H,24,26)(H,22,23,25). The van der Waals surface area contributed by atoms with Gasteiger partial charge in [0.15, 0.2) is 0 Å². The smallest absolute Gasteiger partial charge is 0.255 e. The molecule has 0 saturated heterocycles. The predicted octanol–water partition coefficient (Wildman–Crippen LogP) is 4.75. The van der Waals surface area contributed by atoms with Crippen LogP contribution < -0.4 is 15.4 Å². The molecule has 0 unspecified atom stereocenters. The molecule has 1 aromatic heterocycles. The molecule has 0 aliphatic heterocycles. The molecule has 0 aliphatic carbocycles. The molecular formula is C20H19ClN4O2. The number of methoxy groups -OCH3 is 1. The summed E-state index contributed by atoms with van der Waals surface area (Å²) in [6, 6.07) is 14.0. The molecule has 0 aliphatic rings. The Balaban J connectivity index is 1.69. The number of halogens is 1. The van der Waals surface area contributed by atoms with E-state index in [4.69, 9.17) is 16.3 Å². The molecule has 2 aromatic carbocycles. The first-order valence-electron chi connectivity index (χ1n) is 8.29. The van der Waals surface area contributed by atoms with Crippen LogP contribution in [-0.2, 0) is 0 Å². The minimum absolute atomic E-state index is 0.231. The van der Waals surface area contributed by atoms with Crippen molar-refractivity contribution in [1.29, 1.82) is 0 Å². The molecular weight excluding hydrogens is 364 g/mol. The molecule has 3 aromatic rings. The Morgan fingerprint density at radius 2 is 1.59 bits per heavy atom. The van der Waals surface area contributed by atoms with E-state index in [0.717, 1.165) is 17.1 Å². The summed E-state index contributed by atoms with van der Waals surface area (Å²) in [7, 11) is 1.54. The first-order valence-corrected chi connectivity index (χ1v) is 8.66. The second kappa shape index (κ2) is 8.05.